The molecule has 2 aromatic carbocycles. The lowest BCUT2D eigenvalue weighted by molar-refractivity contribution is -0.145. The Hall–Kier alpha value is -3.72. The molecule has 40 heavy (non-hydrogen) atoms. The van der Waals surface area contributed by atoms with Crippen LogP contribution in [0.15, 0.2) is 54.6 Å². The summed E-state index contributed by atoms with van der Waals surface area (Å²) in [7, 11) is 1.52. The molecule has 9 heteroatoms. The van der Waals surface area contributed by atoms with Crippen molar-refractivity contribution in [2.45, 2.75) is 51.1 Å². The molecule has 0 bridgehead atoms. The number of fused-ring (bicyclic) bond motifs is 1. The number of nitrogens with one attached hydrogen (secondary N) is 3. The number of benzene rings is 2. The van der Waals surface area contributed by atoms with Gasteiger partial charge in [-0.15, -0.1) is 0 Å². The molecule has 1 aliphatic heterocycles. The maximum Gasteiger partial charge on any atom is 0.243 e. The average Bonchev–Trinajstić information content (AvgIpc) is 2.95. The first kappa shape index (κ1) is 29.3. The molecular weight excluding hydrogens is 506 g/mol. The summed E-state index contributed by atoms with van der Waals surface area (Å²) in [5, 5.41) is 10.2. The van der Waals surface area contributed by atoms with E-state index in [4.69, 9.17) is 0 Å². The zero-order valence-electron chi connectivity index (χ0n) is 23.5. The number of likely N-dealkylation sites (N-methyl/N-ethyl adjacent to an activating group) is 1. The molecule has 1 saturated carbocycles. The van der Waals surface area contributed by atoms with Crippen LogP contribution in [0.1, 0.15) is 50.6 Å². The molecule has 1 atom stereocenters. The van der Waals surface area contributed by atoms with Crippen LogP contribution in [0.4, 0.5) is 0 Å². The van der Waals surface area contributed by atoms with Crippen molar-refractivity contribution in [3.8, 4) is 0 Å². The van der Waals surface area contributed by atoms with Crippen LogP contribution in [-0.4, -0.2) is 79.2 Å². The highest BCUT2D eigenvalue weighted by atomic mass is 16.2. The third-order valence-electron chi connectivity index (χ3n) is 8.19. The Labute approximate surface area is 236 Å². The minimum absolute atomic E-state index is 0.00140. The smallest absolute Gasteiger partial charge is 0.243 e. The number of carbonyl (C=O) groups excluding carboxylic acids is 4. The quantitative estimate of drug-likeness (QED) is 0.375. The zero-order chi connectivity index (χ0) is 28.5. The van der Waals surface area contributed by atoms with Crippen molar-refractivity contribution in [3.63, 3.8) is 0 Å². The Morgan fingerprint density at radius 3 is 2.40 bits per heavy atom. The van der Waals surface area contributed by atoms with Crippen LogP contribution in [-0.2, 0) is 19.2 Å². The van der Waals surface area contributed by atoms with Crippen molar-refractivity contribution in [1.29, 1.82) is 0 Å². The van der Waals surface area contributed by atoms with Gasteiger partial charge in [-0.3, -0.25) is 24.1 Å². The van der Waals surface area contributed by atoms with Gasteiger partial charge in [0.1, 0.15) is 0 Å². The molecule has 2 aliphatic rings. The van der Waals surface area contributed by atoms with Crippen molar-refractivity contribution in [2.24, 2.45) is 5.92 Å². The molecule has 2 aromatic rings. The van der Waals surface area contributed by atoms with Gasteiger partial charge in [0.15, 0.2) is 0 Å². The molecule has 1 unspecified atom stereocenters. The fourth-order valence-corrected chi connectivity index (χ4v) is 5.55. The topological polar surface area (TPSA) is 111 Å². The molecule has 0 aromatic heterocycles. The molecule has 1 saturated heterocycles. The van der Waals surface area contributed by atoms with Crippen LogP contribution in [0.3, 0.4) is 0 Å². The molecule has 1 heterocycles. The number of nitrogens with zero attached hydrogens (tertiary/aromatic N) is 2. The first-order chi connectivity index (χ1) is 19.4. The van der Waals surface area contributed by atoms with E-state index >= 15 is 0 Å². The molecule has 3 N–H and O–H groups in total. The molecule has 9 nitrogen and oxygen atoms in total. The highest BCUT2D eigenvalue weighted by Gasteiger charge is 2.36. The van der Waals surface area contributed by atoms with Crippen molar-refractivity contribution in [2.75, 3.05) is 39.8 Å². The first-order valence-electron chi connectivity index (χ1n) is 14.3. The van der Waals surface area contributed by atoms with Gasteiger partial charge in [0.05, 0.1) is 13.1 Å². The highest BCUT2D eigenvalue weighted by Crippen LogP contribution is 2.33. The number of likely N-dealkylation sites (tertiary alicyclic amines) is 1. The second kappa shape index (κ2) is 14.1. The average molecular weight is 548 g/mol. The number of hydrogen-bond acceptors (Lipinski definition) is 5. The minimum atomic E-state index is -0.359. The summed E-state index contributed by atoms with van der Waals surface area (Å²) >= 11 is 0. The van der Waals surface area contributed by atoms with Gasteiger partial charge in [0.25, 0.3) is 0 Å². The molecule has 2 fully saturated rings. The van der Waals surface area contributed by atoms with E-state index in [0.717, 1.165) is 45.2 Å². The summed E-state index contributed by atoms with van der Waals surface area (Å²) < 4.78 is 0. The maximum absolute atomic E-state index is 13.3. The van der Waals surface area contributed by atoms with Crippen molar-refractivity contribution >= 4 is 34.4 Å². The second-order valence-corrected chi connectivity index (χ2v) is 10.7. The van der Waals surface area contributed by atoms with E-state index < -0.39 is 0 Å². The van der Waals surface area contributed by atoms with Gasteiger partial charge in [-0.1, -0.05) is 55.0 Å². The predicted octanol–water partition coefficient (Wildman–Crippen LogP) is 2.53. The van der Waals surface area contributed by atoms with E-state index in [2.05, 4.69) is 70.2 Å². The van der Waals surface area contributed by atoms with E-state index in [9.17, 15) is 19.2 Å². The van der Waals surface area contributed by atoms with Crippen LogP contribution in [0.5, 0.6) is 0 Å². The first-order valence-corrected chi connectivity index (χ1v) is 14.3. The SMILES string of the molecule is CNC(=O)C=CCNC(=O)CNC(=O)CN(C(=O)C1CCC1)C1CCN(C(C)c2cccc3ccccc23)CC1. The van der Waals surface area contributed by atoms with Crippen LogP contribution >= 0.6 is 0 Å². The summed E-state index contributed by atoms with van der Waals surface area (Å²) in [6.07, 6.45) is 7.27. The standard InChI is InChI=1S/C31H41N5O4/c1-22(26-13-6-9-23-8-3-4-12-27(23)26)35-18-15-25(16-19-35)36(31(40)24-10-5-11-24)21-30(39)34-20-29(38)33-17-7-14-28(37)32-2/h3-4,6-9,12-14,22,24-25H,5,10-11,15-21H2,1-2H3,(H,32,37)(H,33,38)(H,34,39). The Morgan fingerprint density at radius 1 is 0.975 bits per heavy atom. The summed E-state index contributed by atoms with van der Waals surface area (Å²) in [6.45, 7) is 3.90. The van der Waals surface area contributed by atoms with Gasteiger partial charge >= 0.3 is 0 Å². The van der Waals surface area contributed by atoms with Crippen LogP contribution < -0.4 is 16.0 Å². The van der Waals surface area contributed by atoms with E-state index in [0.29, 0.717) is 0 Å². The van der Waals surface area contributed by atoms with Crippen molar-refractivity contribution in [1.82, 2.24) is 25.8 Å². The normalized spacial score (nSPS) is 17.2. The van der Waals surface area contributed by atoms with Crippen molar-refractivity contribution in [3.05, 3.63) is 60.2 Å². The lowest BCUT2D eigenvalue weighted by Gasteiger charge is -2.42. The summed E-state index contributed by atoms with van der Waals surface area (Å²) in [5.41, 5.74) is 1.31. The van der Waals surface area contributed by atoms with Gasteiger partial charge in [-0.2, -0.15) is 0 Å². The van der Waals surface area contributed by atoms with Gasteiger partial charge in [-0.25, -0.2) is 0 Å². The van der Waals surface area contributed by atoms with Crippen LogP contribution in [0, 0.1) is 5.92 Å². The molecule has 4 amide bonds. The Bertz CT molecular complexity index is 1230. The molecular formula is C31H41N5O4. The van der Waals surface area contributed by atoms with Crippen LogP contribution in [0.2, 0.25) is 0 Å². The monoisotopic (exact) mass is 547 g/mol. The van der Waals surface area contributed by atoms with E-state index in [1.54, 1.807) is 4.90 Å². The van der Waals surface area contributed by atoms with Gasteiger partial charge in [0, 0.05) is 50.8 Å². The fourth-order valence-electron chi connectivity index (χ4n) is 5.55. The molecule has 0 spiro atoms. The van der Waals surface area contributed by atoms with Gasteiger partial charge in [0.2, 0.25) is 23.6 Å². The summed E-state index contributed by atoms with van der Waals surface area (Å²) in [6, 6.07) is 15.1. The number of rotatable bonds is 11. The summed E-state index contributed by atoms with van der Waals surface area (Å²) in [5.74, 6) is -0.896. The molecule has 4 rings (SSSR count). The Kier molecular flexibility index (Phi) is 10.3. The second-order valence-electron chi connectivity index (χ2n) is 10.7. The van der Waals surface area contributed by atoms with E-state index in [1.807, 2.05) is 0 Å². The zero-order valence-corrected chi connectivity index (χ0v) is 23.5. The third-order valence-corrected chi connectivity index (χ3v) is 8.19. The van der Waals surface area contributed by atoms with Crippen LogP contribution in [0.25, 0.3) is 10.8 Å². The molecule has 1 aliphatic carbocycles. The minimum Gasteiger partial charge on any atom is -0.356 e. The number of amides is 4. The number of carbonyl (C=O) groups is 4. The predicted molar refractivity (Wildman–Crippen MR) is 155 cm³/mol. The fraction of sp³-hybridized carbons (Fsp3) is 0.484. The largest absolute Gasteiger partial charge is 0.356 e. The lowest BCUT2D eigenvalue weighted by atomic mass is 9.83. The van der Waals surface area contributed by atoms with Gasteiger partial charge in [-0.05, 0) is 48.9 Å². The van der Waals surface area contributed by atoms with Gasteiger partial charge < -0.3 is 20.9 Å². The van der Waals surface area contributed by atoms with E-state index in [1.165, 1.54) is 35.5 Å². The maximum atomic E-state index is 13.3. The lowest BCUT2D eigenvalue weighted by Crippen LogP contribution is -2.53. The molecule has 214 valence electrons. The highest BCUT2D eigenvalue weighted by molar-refractivity contribution is 5.90. The number of piperidine rings is 1. The molecule has 0 radical (unpaired) electrons. The third kappa shape index (κ3) is 7.47. The summed E-state index contributed by atoms with van der Waals surface area (Å²) in [4.78, 5) is 53.7. The van der Waals surface area contributed by atoms with Crippen molar-refractivity contribution < 1.29 is 19.2 Å². The Morgan fingerprint density at radius 2 is 1.70 bits per heavy atom. The van der Waals surface area contributed by atoms with E-state index in [-0.39, 0.29) is 61.3 Å². The Balaban J connectivity index is 1.31. The number of hydrogen-bond donors (Lipinski definition) is 3.